The lowest BCUT2D eigenvalue weighted by atomic mass is 9.92. The molecule has 10 rings (SSSR count). The molecule has 49 heavy (non-hydrogen) atoms. The van der Waals surface area contributed by atoms with Gasteiger partial charge >= 0.3 is 0 Å². The van der Waals surface area contributed by atoms with Gasteiger partial charge in [-0.15, -0.1) is 0 Å². The maximum absolute atomic E-state index is 6.42. The molecule has 0 spiro atoms. The summed E-state index contributed by atoms with van der Waals surface area (Å²) < 4.78 is 6.42. The van der Waals surface area contributed by atoms with E-state index in [9.17, 15) is 0 Å². The minimum absolute atomic E-state index is 0.615. The highest BCUT2D eigenvalue weighted by atomic mass is 16.3. The smallest absolute Gasteiger partial charge is 0.164 e. The summed E-state index contributed by atoms with van der Waals surface area (Å²) in [6.07, 6.45) is 0. The predicted octanol–water partition coefficient (Wildman–Crippen LogP) is 11.9. The number of hydrogen-bond acceptors (Lipinski definition) is 4. The van der Waals surface area contributed by atoms with Crippen LogP contribution in [0.5, 0.6) is 0 Å². The molecule has 0 radical (unpaired) electrons. The second kappa shape index (κ2) is 11.0. The van der Waals surface area contributed by atoms with Crippen LogP contribution in [0.15, 0.2) is 168 Å². The van der Waals surface area contributed by atoms with E-state index in [0.717, 1.165) is 65.4 Å². The van der Waals surface area contributed by atoms with E-state index in [-0.39, 0.29) is 0 Å². The molecule has 7 aromatic carbocycles. The number of furan rings is 1. The number of fused-ring (bicyclic) bond motifs is 10. The van der Waals surface area contributed by atoms with E-state index >= 15 is 0 Å². The Hall–Kier alpha value is -6.65. The minimum atomic E-state index is 0.615. The summed E-state index contributed by atoms with van der Waals surface area (Å²) in [7, 11) is 0. The van der Waals surface area contributed by atoms with Gasteiger partial charge in [-0.05, 0) is 74.1 Å². The molecule has 0 atom stereocenters. The van der Waals surface area contributed by atoms with Crippen LogP contribution in [-0.4, -0.2) is 15.0 Å². The largest absolute Gasteiger partial charge is 0.456 e. The molecule has 0 aliphatic heterocycles. The molecule has 228 valence electrons. The molecule has 0 fully saturated rings. The summed E-state index contributed by atoms with van der Waals surface area (Å²) in [6, 6.07) is 57.3. The number of benzene rings is 7. The SMILES string of the molecule is c1ccc(-c2nc3nc(n2)c2cccc4oc5ccc(cc5c42)c2ccc(-c4ccccc4-c4ccccc4)cc2c2cccc3c2)cc1. The molecule has 10 aromatic rings. The zero-order valence-electron chi connectivity index (χ0n) is 26.3. The average Bonchev–Trinajstić information content (AvgIpc) is 3.56. The number of hydrogen-bond donors (Lipinski definition) is 0. The highest BCUT2D eigenvalue weighted by Gasteiger charge is 2.15. The maximum Gasteiger partial charge on any atom is 0.164 e. The van der Waals surface area contributed by atoms with Crippen molar-refractivity contribution in [2.24, 2.45) is 0 Å². The fraction of sp³-hybridized carbons (Fsp3) is 0. The van der Waals surface area contributed by atoms with Crippen LogP contribution in [0.25, 0.3) is 99.2 Å². The van der Waals surface area contributed by atoms with Crippen LogP contribution in [0.3, 0.4) is 0 Å². The van der Waals surface area contributed by atoms with Gasteiger partial charge in [0.25, 0.3) is 0 Å². The normalized spacial score (nSPS) is 11.7. The molecule has 3 heterocycles. The lowest BCUT2D eigenvalue weighted by Gasteiger charge is -2.12. The third-order valence-electron chi connectivity index (χ3n) is 9.49. The van der Waals surface area contributed by atoms with E-state index < -0.39 is 0 Å². The number of rotatable bonds is 3. The lowest BCUT2D eigenvalue weighted by molar-refractivity contribution is 0.669. The van der Waals surface area contributed by atoms with E-state index in [4.69, 9.17) is 19.4 Å². The summed E-state index contributed by atoms with van der Waals surface area (Å²) in [5.41, 5.74) is 8.54. The van der Waals surface area contributed by atoms with E-state index in [1.54, 1.807) is 0 Å². The van der Waals surface area contributed by atoms with Crippen molar-refractivity contribution in [3.8, 4) is 33.6 Å². The lowest BCUT2D eigenvalue weighted by Crippen LogP contribution is -1.94. The third kappa shape index (κ3) is 4.57. The van der Waals surface area contributed by atoms with Gasteiger partial charge in [0.05, 0.1) is 0 Å². The first kappa shape index (κ1) is 27.5. The zero-order chi connectivity index (χ0) is 32.3. The maximum atomic E-state index is 6.42. The molecule has 0 unspecified atom stereocenters. The van der Waals surface area contributed by atoms with Crippen molar-refractivity contribution in [3.63, 3.8) is 0 Å². The van der Waals surface area contributed by atoms with Crippen LogP contribution in [0.1, 0.15) is 0 Å². The molecule has 0 N–H and O–H groups in total. The van der Waals surface area contributed by atoms with E-state index in [2.05, 4.69) is 121 Å². The summed E-state index contributed by atoms with van der Waals surface area (Å²) in [5, 5.41) is 8.34. The molecule has 0 aliphatic rings. The fourth-order valence-electron chi connectivity index (χ4n) is 7.15. The van der Waals surface area contributed by atoms with Gasteiger partial charge in [-0.3, -0.25) is 0 Å². The Morgan fingerprint density at radius 3 is 1.88 bits per heavy atom. The molecule has 0 amide bonds. The van der Waals surface area contributed by atoms with Gasteiger partial charge in [0.1, 0.15) is 11.2 Å². The molecular formula is C45H27N3O. The second-order valence-electron chi connectivity index (χ2n) is 12.4. The fourth-order valence-corrected chi connectivity index (χ4v) is 7.15. The Morgan fingerprint density at radius 1 is 0.347 bits per heavy atom. The van der Waals surface area contributed by atoms with Crippen LogP contribution in [0, 0.1) is 0 Å². The van der Waals surface area contributed by atoms with Gasteiger partial charge in [-0.2, -0.15) is 0 Å². The van der Waals surface area contributed by atoms with Gasteiger partial charge in [0.2, 0.25) is 0 Å². The first-order valence-electron chi connectivity index (χ1n) is 16.4. The Kier molecular flexibility index (Phi) is 6.15. The van der Waals surface area contributed by atoms with Crippen molar-refractivity contribution in [3.05, 3.63) is 164 Å². The summed E-state index contributed by atoms with van der Waals surface area (Å²) in [4.78, 5) is 15.2. The average molecular weight is 626 g/mol. The van der Waals surface area contributed by atoms with Gasteiger partial charge < -0.3 is 4.42 Å². The molecule has 0 aliphatic carbocycles. The summed E-state index contributed by atoms with van der Waals surface area (Å²) in [5.74, 6) is 0.631. The Bertz CT molecular complexity index is 2930. The van der Waals surface area contributed by atoms with Gasteiger partial charge in [-0.25, -0.2) is 15.0 Å². The second-order valence-corrected chi connectivity index (χ2v) is 12.4. The predicted molar refractivity (Wildman–Crippen MR) is 202 cm³/mol. The molecule has 4 heteroatoms. The molecule has 0 saturated carbocycles. The monoisotopic (exact) mass is 625 g/mol. The Morgan fingerprint density at radius 2 is 1.04 bits per heavy atom. The van der Waals surface area contributed by atoms with Crippen LogP contribution < -0.4 is 0 Å². The first-order valence-corrected chi connectivity index (χ1v) is 16.4. The molecule has 4 nitrogen and oxygen atoms in total. The van der Waals surface area contributed by atoms with Crippen LogP contribution in [0.4, 0.5) is 0 Å². The van der Waals surface area contributed by atoms with Crippen molar-refractivity contribution in [2.45, 2.75) is 0 Å². The van der Waals surface area contributed by atoms with E-state index in [1.165, 1.54) is 16.7 Å². The highest BCUT2D eigenvalue weighted by molar-refractivity contribution is 6.19. The van der Waals surface area contributed by atoms with Crippen LogP contribution in [-0.2, 0) is 0 Å². The molecule has 0 saturated heterocycles. The van der Waals surface area contributed by atoms with Gasteiger partial charge in [0, 0.05) is 27.1 Å². The topological polar surface area (TPSA) is 51.8 Å². The molecular weight excluding hydrogens is 599 g/mol. The molecule has 3 aromatic heterocycles. The number of aromatic nitrogens is 3. The third-order valence-corrected chi connectivity index (χ3v) is 9.49. The van der Waals surface area contributed by atoms with Crippen molar-refractivity contribution in [2.75, 3.05) is 0 Å². The highest BCUT2D eigenvalue weighted by Crippen LogP contribution is 2.38. The quantitative estimate of drug-likeness (QED) is 0.196. The van der Waals surface area contributed by atoms with Crippen LogP contribution >= 0.6 is 0 Å². The Labute approximate surface area is 281 Å². The first-order chi connectivity index (χ1) is 24.3. The van der Waals surface area contributed by atoms with Gasteiger partial charge in [0.15, 0.2) is 17.1 Å². The summed E-state index contributed by atoms with van der Waals surface area (Å²) >= 11 is 0. The number of nitrogens with zero attached hydrogens (tertiary/aromatic N) is 3. The van der Waals surface area contributed by atoms with E-state index in [0.29, 0.717) is 17.1 Å². The molecule has 6 bridgehead atoms. The van der Waals surface area contributed by atoms with Crippen molar-refractivity contribution >= 4 is 65.6 Å². The van der Waals surface area contributed by atoms with Crippen LogP contribution in [0.2, 0.25) is 0 Å². The standard InChI is InChI=1S/C45H27N3O/c1-3-11-28(12-4-1)34-17-7-8-18-35(34)31-21-23-36-32-22-24-40-39(27-32)42-37(19-10-20-41(42)49-40)45-47-43(29-13-5-2-6-14-29)46-44(48-45)33-16-9-15-30(25-33)38(36)26-31/h1-27H. The minimum Gasteiger partial charge on any atom is -0.456 e. The summed E-state index contributed by atoms with van der Waals surface area (Å²) in [6.45, 7) is 0. The van der Waals surface area contributed by atoms with Crippen molar-refractivity contribution < 1.29 is 4.42 Å². The Balaban J connectivity index is 1.38. The van der Waals surface area contributed by atoms with Crippen molar-refractivity contribution in [1.82, 2.24) is 15.0 Å². The van der Waals surface area contributed by atoms with Crippen molar-refractivity contribution in [1.29, 1.82) is 0 Å². The van der Waals surface area contributed by atoms with E-state index in [1.807, 2.05) is 42.5 Å². The zero-order valence-corrected chi connectivity index (χ0v) is 26.3. The van der Waals surface area contributed by atoms with Gasteiger partial charge in [-0.1, -0.05) is 133 Å².